The molecular formula is C16H19ClN2O4S. The van der Waals surface area contributed by atoms with E-state index in [9.17, 15) is 13.2 Å². The molecular weight excluding hydrogens is 352 g/mol. The standard InChI is InChI=1S/C16H19ClN2O4S/c1-12-14(17)6-3-7-15(12)18-16(20)8-9-19(24(2,21)22)11-13-5-4-10-23-13/h3-7,10H,8-9,11H2,1-2H3,(H,18,20). The number of sulfonamides is 1. The number of furan rings is 1. The van der Waals surface area contributed by atoms with Crippen molar-refractivity contribution in [1.29, 1.82) is 0 Å². The molecule has 24 heavy (non-hydrogen) atoms. The molecule has 0 saturated heterocycles. The molecule has 0 bridgehead atoms. The Hall–Kier alpha value is -1.83. The molecule has 8 heteroatoms. The highest BCUT2D eigenvalue weighted by Gasteiger charge is 2.19. The molecule has 2 rings (SSSR count). The molecule has 0 aliphatic carbocycles. The van der Waals surface area contributed by atoms with Crippen LogP contribution in [0, 0.1) is 6.92 Å². The summed E-state index contributed by atoms with van der Waals surface area (Å²) in [6.07, 6.45) is 2.61. The molecule has 2 aromatic rings. The van der Waals surface area contributed by atoms with Gasteiger partial charge in [-0.1, -0.05) is 17.7 Å². The van der Waals surface area contributed by atoms with Crippen LogP contribution < -0.4 is 5.32 Å². The Morgan fingerprint density at radius 3 is 2.67 bits per heavy atom. The zero-order chi connectivity index (χ0) is 17.7. The number of amides is 1. The second-order valence-electron chi connectivity index (χ2n) is 5.39. The van der Waals surface area contributed by atoms with Crippen molar-refractivity contribution in [2.24, 2.45) is 0 Å². The van der Waals surface area contributed by atoms with Crippen molar-refractivity contribution in [3.05, 3.63) is 52.9 Å². The number of carbonyl (C=O) groups is 1. The molecule has 1 aromatic heterocycles. The topological polar surface area (TPSA) is 79.6 Å². The summed E-state index contributed by atoms with van der Waals surface area (Å²) in [5.41, 5.74) is 1.38. The fraction of sp³-hybridized carbons (Fsp3) is 0.312. The molecule has 1 aromatic carbocycles. The average Bonchev–Trinajstić information content (AvgIpc) is 3.00. The predicted molar refractivity (Wildman–Crippen MR) is 93.4 cm³/mol. The second kappa shape index (κ2) is 7.83. The van der Waals surface area contributed by atoms with Gasteiger partial charge in [0.2, 0.25) is 15.9 Å². The van der Waals surface area contributed by atoms with Crippen LogP contribution >= 0.6 is 11.6 Å². The van der Waals surface area contributed by atoms with Gasteiger partial charge in [0, 0.05) is 23.7 Å². The zero-order valence-electron chi connectivity index (χ0n) is 13.5. The lowest BCUT2D eigenvalue weighted by atomic mass is 10.2. The third-order valence-corrected chi connectivity index (χ3v) is 5.17. The lowest BCUT2D eigenvalue weighted by molar-refractivity contribution is -0.116. The van der Waals surface area contributed by atoms with Crippen molar-refractivity contribution in [3.63, 3.8) is 0 Å². The lowest BCUT2D eigenvalue weighted by Crippen LogP contribution is -2.32. The van der Waals surface area contributed by atoms with Crippen LogP contribution in [0.2, 0.25) is 5.02 Å². The highest BCUT2D eigenvalue weighted by atomic mass is 35.5. The quantitative estimate of drug-likeness (QED) is 0.812. The predicted octanol–water partition coefficient (Wildman–Crippen LogP) is 3.03. The fourth-order valence-electron chi connectivity index (χ4n) is 2.12. The first kappa shape index (κ1) is 18.5. The monoisotopic (exact) mass is 370 g/mol. The third-order valence-electron chi connectivity index (χ3n) is 3.51. The van der Waals surface area contributed by atoms with E-state index in [4.69, 9.17) is 16.0 Å². The Kier molecular flexibility index (Phi) is 6.04. The number of carbonyl (C=O) groups excluding carboxylic acids is 1. The number of nitrogens with one attached hydrogen (secondary N) is 1. The van der Waals surface area contributed by atoms with E-state index in [1.165, 1.54) is 10.6 Å². The van der Waals surface area contributed by atoms with Crippen LogP contribution in [0.1, 0.15) is 17.7 Å². The summed E-state index contributed by atoms with van der Waals surface area (Å²) in [4.78, 5) is 12.1. The maximum Gasteiger partial charge on any atom is 0.225 e. The minimum atomic E-state index is -3.45. The van der Waals surface area contributed by atoms with Gasteiger partial charge in [0.25, 0.3) is 0 Å². The molecule has 0 atom stereocenters. The Morgan fingerprint density at radius 2 is 2.04 bits per heavy atom. The van der Waals surface area contributed by atoms with E-state index < -0.39 is 10.0 Å². The minimum Gasteiger partial charge on any atom is -0.468 e. The van der Waals surface area contributed by atoms with Crippen LogP contribution in [-0.2, 0) is 21.4 Å². The minimum absolute atomic E-state index is 0.0275. The molecule has 1 heterocycles. The van der Waals surface area contributed by atoms with E-state index in [2.05, 4.69) is 5.32 Å². The maximum atomic E-state index is 12.1. The summed E-state index contributed by atoms with van der Waals surface area (Å²) >= 11 is 6.01. The van der Waals surface area contributed by atoms with Gasteiger partial charge in [-0.3, -0.25) is 4.79 Å². The summed E-state index contributed by atoms with van der Waals surface area (Å²) in [6, 6.07) is 8.60. The number of benzene rings is 1. The van der Waals surface area contributed by atoms with Gasteiger partial charge in [-0.2, -0.15) is 4.31 Å². The van der Waals surface area contributed by atoms with E-state index in [1.807, 2.05) is 0 Å². The van der Waals surface area contributed by atoms with Crippen LogP contribution in [-0.4, -0.2) is 31.4 Å². The largest absolute Gasteiger partial charge is 0.468 e. The second-order valence-corrected chi connectivity index (χ2v) is 7.78. The van der Waals surface area contributed by atoms with E-state index in [0.717, 1.165) is 11.8 Å². The van der Waals surface area contributed by atoms with Gasteiger partial charge in [0.05, 0.1) is 19.1 Å². The molecule has 130 valence electrons. The van der Waals surface area contributed by atoms with Crippen molar-refractivity contribution in [2.75, 3.05) is 18.1 Å². The number of anilines is 1. The van der Waals surface area contributed by atoms with Gasteiger partial charge < -0.3 is 9.73 Å². The highest BCUT2D eigenvalue weighted by molar-refractivity contribution is 7.88. The highest BCUT2D eigenvalue weighted by Crippen LogP contribution is 2.23. The third kappa shape index (κ3) is 5.09. The Balaban J connectivity index is 1.98. The Bertz CT molecular complexity index is 803. The Labute approximate surface area is 146 Å². The summed E-state index contributed by atoms with van der Waals surface area (Å²) in [5, 5.41) is 3.31. The van der Waals surface area contributed by atoms with Gasteiger partial charge in [-0.25, -0.2) is 8.42 Å². The number of hydrogen-bond acceptors (Lipinski definition) is 4. The molecule has 6 nitrogen and oxygen atoms in total. The molecule has 0 aliphatic heterocycles. The molecule has 0 saturated carbocycles. The molecule has 1 amide bonds. The number of halogens is 1. The Morgan fingerprint density at radius 1 is 1.29 bits per heavy atom. The van der Waals surface area contributed by atoms with Gasteiger partial charge in [0.1, 0.15) is 5.76 Å². The van der Waals surface area contributed by atoms with Crippen molar-refractivity contribution < 1.29 is 17.6 Å². The first-order valence-corrected chi connectivity index (χ1v) is 9.52. The van der Waals surface area contributed by atoms with Crippen molar-refractivity contribution in [2.45, 2.75) is 19.9 Å². The smallest absolute Gasteiger partial charge is 0.225 e. The van der Waals surface area contributed by atoms with E-state index in [0.29, 0.717) is 16.5 Å². The average molecular weight is 371 g/mol. The van der Waals surface area contributed by atoms with Crippen LogP contribution in [0.3, 0.4) is 0 Å². The van der Waals surface area contributed by atoms with Gasteiger partial charge >= 0.3 is 0 Å². The number of rotatable bonds is 7. The fourth-order valence-corrected chi connectivity index (χ4v) is 3.08. The summed E-state index contributed by atoms with van der Waals surface area (Å²) in [6.45, 7) is 1.96. The van der Waals surface area contributed by atoms with Crippen molar-refractivity contribution >= 4 is 33.2 Å². The van der Waals surface area contributed by atoms with Gasteiger partial charge in [-0.15, -0.1) is 0 Å². The van der Waals surface area contributed by atoms with E-state index in [1.54, 1.807) is 37.3 Å². The summed E-state index contributed by atoms with van der Waals surface area (Å²) in [5.74, 6) is 0.236. The maximum absolute atomic E-state index is 12.1. The molecule has 0 unspecified atom stereocenters. The van der Waals surface area contributed by atoms with Crippen molar-refractivity contribution in [3.8, 4) is 0 Å². The summed E-state index contributed by atoms with van der Waals surface area (Å²) < 4.78 is 30.1. The summed E-state index contributed by atoms with van der Waals surface area (Å²) in [7, 11) is -3.45. The lowest BCUT2D eigenvalue weighted by Gasteiger charge is -2.18. The molecule has 0 fully saturated rings. The molecule has 0 spiro atoms. The SMILES string of the molecule is Cc1c(Cl)cccc1NC(=O)CCN(Cc1ccco1)S(C)(=O)=O. The molecule has 0 aliphatic rings. The van der Waals surface area contributed by atoms with Gasteiger partial charge in [0.15, 0.2) is 0 Å². The molecule has 0 radical (unpaired) electrons. The van der Waals surface area contributed by atoms with Gasteiger partial charge in [-0.05, 0) is 36.8 Å². The first-order chi connectivity index (χ1) is 11.3. The van der Waals surface area contributed by atoms with Crippen LogP contribution in [0.15, 0.2) is 41.0 Å². The number of hydrogen-bond donors (Lipinski definition) is 1. The van der Waals surface area contributed by atoms with E-state index in [-0.39, 0.29) is 25.4 Å². The molecule has 1 N–H and O–H groups in total. The van der Waals surface area contributed by atoms with Crippen LogP contribution in [0.25, 0.3) is 0 Å². The van der Waals surface area contributed by atoms with Crippen LogP contribution in [0.4, 0.5) is 5.69 Å². The van der Waals surface area contributed by atoms with Crippen molar-refractivity contribution in [1.82, 2.24) is 4.31 Å². The first-order valence-electron chi connectivity index (χ1n) is 7.30. The van der Waals surface area contributed by atoms with E-state index >= 15 is 0 Å². The normalized spacial score (nSPS) is 11.7. The zero-order valence-corrected chi connectivity index (χ0v) is 15.0. The van der Waals surface area contributed by atoms with Crippen LogP contribution in [0.5, 0.6) is 0 Å². The number of nitrogens with zero attached hydrogens (tertiary/aromatic N) is 1.